The number of hydrogen-bond donors (Lipinski definition) is 1. The maximum atomic E-state index is 5.54. The van der Waals surface area contributed by atoms with Gasteiger partial charge in [-0.05, 0) is 37.8 Å². The Bertz CT molecular complexity index is 522. The van der Waals surface area contributed by atoms with E-state index in [1.807, 2.05) is 18.2 Å². The van der Waals surface area contributed by atoms with Gasteiger partial charge in [-0.3, -0.25) is 0 Å². The van der Waals surface area contributed by atoms with Crippen LogP contribution < -0.4 is 5.73 Å². The Kier molecular flexibility index (Phi) is 4.68. The number of nitrogens with zero attached hydrogens (tertiary/aromatic N) is 2. The third-order valence-electron chi connectivity index (χ3n) is 3.36. The zero-order valence-corrected chi connectivity index (χ0v) is 11.6. The molecule has 0 bridgehead atoms. The zero-order valence-electron chi connectivity index (χ0n) is 11.6. The second kappa shape index (κ2) is 6.48. The molecule has 0 radical (unpaired) electrons. The molecule has 1 heterocycles. The van der Waals surface area contributed by atoms with Gasteiger partial charge in [-0.1, -0.05) is 36.3 Å². The highest BCUT2D eigenvalue weighted by molar-refractivity contribution is 5.58. The molecule has 0 aliphatic carbocycles. The Hall–Kier alpha value is -1.68. The first kappa shape index (κ1) is 13.7. The summed E-state index contributed by atoms with van der Waals surface area (Å²) in [6.07, 6.45) is 2.89. The molecule has 0 aliphatic rings. The van der Waals surface area contributed by atoms with Crippen LogP contribution in [0.4, 0.5) is 0 Å². The minimum atomic E-state index is 0.596. The van der Waals surface area contributed by atoms with Gasteiger partial charge in [-0.25, -0.2) is 0 Å². The van der Waals surface area contributed by atoms with Crippen molar-refractivity contribution in [2.75, 3.05) is 6.54 Å². The third kappa shape index (κ3) is 3.64. The first-order chi connectivity index (χ1) is 9.20. The van der Waals surface area contributed by atoms with Crippen LogP contribution in [0.25, 0.3) is 11.4 Å². The fraction of sp³-hybridized carbons (Fsp3) is 0.467. The first-order valence-corrected chi connectivity index (χ1v) is 6.79. The monoisotopic (exact) mass is 259 g/mol. The average Bonchev–Trinajstić information content (AvgIpc) is 2.86. The topological polar surface area (TPSA) is 64.9 Å². The molecule has 2 aromatic rings. The number of aryl methyl sites for hydroxylation is 2. The largest absolute Gasteiger partial charge is 0.339 e. The highest BCUT2D eigenvalue weighted by atomic mass is 16.5. The third-order valence-corrected chi connectivity index (χ3v) is 3.36. The zero-order chi connectivity index (χ0) is 13.7. The van der Waals surface area contributed by atoms with Gasteiger partial charge in [-0.2, -0.15) is 4.98 Å². The molecule has 2 N–H and O–H groups in total. The predicted octanol–water partition coefficient (Wildman–Crippen LogP) is 2.96. The molecule has 0 amide bonds. The fourth-order valence-electron chi connectivity index (χ4n) is 2.09. The molecule has 4 nitrogen and oxygen atoms in total. The van der Waals surface area contributed by atoms with E-state index in [0.29, 0.717) is 17.6 Å². The van der Waals surface area contributed by atoms with Crippen LogP contribution in [0.1, 0.15) is 31.2 Å². The van der Waals surface area contributed by atoms with Crippen molar-refractivity contribution in [2.24, 2.45) is 11.7 Å². The molecule has 1 atom stereocenters. The van der Waals surface area contributed by atoms with Gasteiger partial charge in [0.25, 0.3) is 0 Å². The summed E-state index contributed by atoms with van der Waals surface area (Å²) in [5.74, 6) is 1.99. The van der Waals surface area contributed by atoms with Crippen LogP contribution >= 0.6 is 0 Å². The number of benzene rings is 1. The van der Waals surface area contributed by atoms with Crippen LogP contribution in [-0.2, 0) is 6.42 Å². The number of aromatic nitrogens is 2. The summed E-state index contributed by atoms with van der Waals surface area (Å²) in [6, 6.07) is 8.06. The van der Waals surface area contributed by atoms with Gasteiger partial charge < -0.3 is 10.3 Å². The summed E-state index contributed by atoms with van der Waals surface area (Å²) in [6.45, 7) is 4.99. The van der Waals surface area contributed by atoms with Crippen molar-refractivity contribution >= 4 is 0 Å². The van der Waals surface area contributed by atoms with Gasteiger partial charge in [0.1, 0.15) is 0 Å². The van der Waals surface area contributed by atoms with Crippen molar-refractivity contribution in [1.29, 1.82) is 0 Å². The summed E-state index contributed by atoms with van der Waals surface area (Å²) in [4.78, 5) is 4.46. The first-order valence-electron chi connectivity index (χ1n) is 6.79. The molecular weight excluding hydrogens is 238 g/mol. The van der Waals surface area contributed by atoms with Crippen LogP contribution in [0.5, 0.6) is 0 Å². The summed E-state index contributed by atoms with van der Waals surface area (Å²) in [5, 5.41) is 4.06. The van der Waals surface area contributed by atoms with E-state index in [2.05, 4.69) is 30.1 Å². The van der Waals surface area contributed by atoms with Crippen molar-refractivity contribution in [3.63, 3.8) is 0 Å². The van der Waals surface area contributed by atoms with E-state index in [9.17, 15) is 0 Å². The summed E-state index contributed by atoms with van der Waals surface area (Å²) in [5.41, 5.74) is 7.74. The Morgan fingerprint density at radius 2 is 2.05 bits per heavy atom. The van der Waals surface area contributed by atoms with Crippen molar-refractivity contribution in [2.45, 2.75) is 33.1 Å². The van der Waals surface area contributed by atoms with Gasteiger partial charge in [-0.15, -0.1) is 0 Å². The number of hydrogen-bond acceptors (Lipinski definition) is 4. The minimum Gasteiger partial charge on any atom is -0.339 e. The van der Waals surface area contributed by atoms with E-state index in [1.165, 1.54) is 0 Å². The maximum Gasteiger partial charge on any atom is 0.226 e. The Labute approximate surface area is 114 Å². The van der Waals surface area contributed by atoms with Gasteiger partial charge >= 0.3 is 0 Å². The molecule has 1 unspecified atom stereocenters. The lowest BCUT2D eigenvalue weighted by molar-refractivity contribution is 0.362. The Balaban J connectivity index is 2.02. The van der Waals surface area contributed by atoms with Crippen LogP contribution in [0.2, 0.25) is 0 Å². The smallest absolute Gasteiger partial charge is 0.226 e. The van der Waals surface area contributed by atoms with Crippen molar-refractivity contribution in [3.05, 3.63) is 35.7 Å². The SMILES string of the molecule is Cc1ccccc1-c1noc(CCC(C)CCN)n1. The van der Waals surface area contributed by atoms with E-state index in [0.717, 1.165) is 36.9 Å². The molecule has 2 rings (SSSR count). The van der Waals surface area contributed by atoms with Gasteiger partial charge in [0.05, 0.1) is 0 Å². The molecule has 0 saturated carbocycles. The molecule has 102 valence electrons. The van der Waals surface area contributed by atoms with E-state index in [-0.39, 0.29) is 0 Å². The number of rotatable bonds is 6. The normalized spacial score (nSPS) is 12.6. The summed E-state index contributed by atoms with van der Waals surface area (Å²) < 4.78 is 5.31. The Morgan fingerprint density at radius 3 is 2.79 bits per heavy atom. The standard InChI is InChI=1S/C15H21N3O/c1-11(9-10-16)7-8-14-17-15(18-19-14)13-6-4-3-5-12(13)2/h3-6,11H,7-10,16H2,1-2H3. The minimum absolute atomic E-state index is 0.596. The van der Waals surface area contributed by atoms with Crippen LogP contribution in [0, 0.1) is 12.8 Å². The lowest BCUT2D eigenvalue weighted by Crippen LogP contribution is -2.06. The molecule has 0 fully saturated rings. The highest BCUT2D eigenvalue weighted by Crippen LogP contribution is 2.20. The van der Waals surface area contributed by atoms with Gasteiger partial charge in [0.15, 0.2) is 0 Å². The second-order valence-corrected chi connectivity index (χ2v) is 5.05. The number of nitrogens with two attached hydrogens (primary N) is 1. The van der Waals surface area contributed by atoms with E-state index >= 15 is 0 Å². The molecule has 4 heteroatoms. The van der Waals surface area contributed by atoms with Crippen LogP contribution in [0.15, 0.2) is 28.8 Å². The van der Waals surface area contributed by atoms with E-state index in [1.54, 1.807) is 0 Å². The quantitative estimate of drug-likeness (QED) is 0.866. The van der Waals surface area contributed by atoms with Gasteiger partial charge in [0, 0.05) is 12.0 Å². The fourth-order valence-corrected chi connectivity index (χ4v) is 2.09. The Morgan fingerprint density at radius 1 is 1.26 bits per heavy atom. The highest BCUT2D eigenvalue weighted by Gasteiger charge is 2.11. The maximum absolute atomic E-state index is 5.54. The predicted molar refractivity (Wildman–Crippen MR) is 75.6 cm³/mol. The lowest BCUT2D eigenvalue weighted by atomic mass is 10.0. The molecular formula is C15H21N3O. The molecule has 0 aliphatic heterocycles. The average molecular weight is 259 g/mol. The summed E-state index contributed by atoms with van der Waals surface area (Å²) >= 11 is 0. The molecule has 1 aromatic carbocycles. The second-order valence-electron chi connectivity index (χ2n) is 5.05. The van der Waals surface area contributed by atoms with Gasteiger partial charge in [0.2, 0.25) is 11.7 Å². The van der Waals surface area contributed by atoms with Crippen LogP contribution in [-0.4, -0.2) is 16.7 Å². The van der Waals surface area contributed by atoms with Crippen molar-refractivity contribution in [1.82, 2.24) is 10.1 Å². The van der Waals surface area contributed by atoms with E-state index < -0.39 is 0 Å². The molecule has 0 saturated heterocycles. The molecule has 19 heavy (non-hydrogen) atoms. The van der Waals surface area contributed by atoms with Crippen molar-refractivity contribution in [3.8, 4) is 11.4 Å². The summed E-state index contributed by atoms with van der Waals surface area (Å²) in [7, 11) is 0. The molecule has 1 aromatic heterocycles. The van der Waals surface area contributed by atoms with Crippen molar-refractivity contribution < 1.29 is 4.52 Å². The van der Waals surface area contributed by atoms with Crippen LogP contribution in [0.3, 0.4) is 0 Å². The lowest BCUT2D eigenvalue weighted by Gasteiger charge is -2.06. The molecule has 0 spiro atoms. The van der Waals surface area contributed by atoms with E-state index in [4.69, 9.17) is 10.3 Å².